The van der Waals surface area contributed by atoms with Gasteiger partial charge >= 0.3 is 0 Å². The predicted octanol–water partition coefficient (Wildman–Crippen LogP) is 2.35. The first-order valence-electron chi connectivity index (χ1n) is 5.89. The Labute approximate surface area is 97.7 Å². The molecule has 3 heteroatoms. The molecule has 1 heterocycles. The molecule has 0 aromatic rings. The van der Waals surface area contributed by atoms with Crippen LogP contribution in [0.15, 0.2) is 12.2 Å². The fourth-order valence-corrected chi connectivity index (χ4v) is 2.16. The van der Waals surface area contributed by atoms with Gasteiger partial charge in [0.1, 0.15) is 6.42 Å². The standard InChI is InChI=1S/C13H20N2O/c1-10(2)11(3)12-5-4-8-15(9-12)13(16)6-7-14/h10,12H,3-6,8-9H2,1-2H3. The molecule has 1 rings (SSSR count). The maximum Gasteiger partial charge on any atom is 0.236 e. The van der Waals surface area contributed by atoms with E-state index in [4.69, 9.17) is 5.26 Å². The Morgan fingerprint density at radius 3 is 2.88 bits per heavy atom. The molecular formula is C13H20N2O. The van der Waals surface area contributed by atoms with Crippen molar-refractivity contribution in [3.63, 3.8) is 0 Å². The SMILES string of the molecule is C=C(C(C)C)C1CCCN(C(=O)CC#N)C1. The van der Waals surface area contributed by atoms with Crippen molar-refractivity contribution in [3.05, 3.63) is 12.2 Å². The van der Waals surface area contributed by atoms with Gasteiger partial charge in [-0.3, -0.25) is 4.79 Å². The van der Waals surface area contributed by atoms with Crippen molar-refractivity contribution in [1.29, 1.82) is 5.26 Å². The van der Waals surface area contributed by atoms with Gasteiger partial charge in [-0.15, -0.1) is 0 Å². The smallest absolute Gasteiger partial charge is 0.236 e. The van der Waals surface area contributed by atoms with Gasteiger partial charge in [-0.2, -0.15) is 5.26 Å². The number of amides is 1. The summed E-state index contributed by atoms with van der Waals surface area (Å²) in [7, 11) is 0. The summed E-state index contributed by atoms with van der Waals surface area (Å²) >= 11 is 0. The Morgan fingerprint density at radius 1 is 1.62 bits per heavy atom. The lowest BCUT2D eigenvalue weighted by atomic mass is 9.85. The third-order valence-electron chi connectivity index (χ3n) is 3.27. The highest BCUT2D eigenvalue weighted by atomic mass is 16.2. The predicted molar refractivity (Wildman–Crippen MR) is 63.5 cm³/mol. The second kappa shape index (κ2) is 5.69. The van der Waals surface area contributed by atoms with Crippen molar-refractivity contribution >= 4 is 5.91 Å². The van der Waals surface area contributed by atoms with E-state index in [0.29, 0.717) is 11.8 Å². The molecule has 0 bridgehead atoms. The Kier molecular flexibility index (Phi) is 4.54. The first-order chi connectivity index (χ1) is 7.56. The van der Waals surface area contributed by atoms with Crippen LogP contribution in [0.2, 0.25) is 0 Å². The second-order valence-corrected chi connectivity index (χ2v) is 4.74. The molecule has 0 aromatic carbocycles. The van der Waals surface area contributed by atoms with Gasteiger partial charge in [0.2, 0.25) is 5.91 Å². The molecule has 88 valence electrons. The molecule has 0 aliphatic carbocycles. The molecule has 0 aromatic heterocycles. The normalized spacial score (nSPS) is 20.6. The number of rotatable bonds is 3. The minimum atomic E-state index is -0.0382. The summed E-state index contributed by atoms with van der Waals surface area (Å²) in [5.74, 6) is 0.844. The topological polar surface area (TPSA) is 44.1 Å². The minimum Gasteiger partial charge on any atom is -0.341 e. The largest absolute Gasteiger partial charge is 0.341 e. The summed E-state index contributed by atoms with van der Waals surface area (Å²) < 4.78 is 0. The van der Waals surface area contributed by atoms with E-state index in [0.717, 1.165) is 25.9 Å². The van der Waals surface area contributed by atoms with Gasteiger partial charge in [-0.1, -0.05) is 26.0 Å². The first-order valence-corrected chi connectivity index (χ1v) is 5.89. The number of hydrogen-bond acceptors (Lipinski definition) is 2. The van der Waals surface area contributed by atoms with E-state index in [1.807, 2.05) is 11.0 Å². The zero-order chi connectivity index (χ0) is 12.1. The first kappa shape index (κ1) is 12.8. The van der Waals surface area contributed by atoms with Crippen molar-refractivity contribution in [2.45, 2.75) is 33.1 Å². The molecule has 1 aliphatic heterocycles. The van der Waals surface area contributed by atoms with Gasteiger partial charge in [-0.05, 0) is 24.7 Å². The van der Waals surface area contributed by atoms with Crippen LogP contribution in [0.1, 0.15) is 33.1 Å². The summed E-state index contributed by atoms with van der Waals surface area (Å²) in [6, 6.07) is 1.92. The summed E-state index contributed by atoms with van der Waals surface area (Å²) in [4.78, 5) is 13.4. The van der Waals surface area contributed by atoms with Crippen LogP contribution < -0.4 is 0 Å². The quantitative estimate of drug-likeness (QED) is 0.685. The van der Waals surface area contributed by atoms with Gasteiger partial charge in [0, 0.05) is 13.1 Å². The van der Waals surface area contributed by atoms with Crippen molar-refractivity contribution in [1.82, 2.24) is 4.90 Å². The van der Waals surface area contributed by atoms with E-state index in [-0.39, 0.29) is 12.3 Å². The molecule has 1 unspecified atom stereocenters. The maximum absolute atomic E-state index is 11.6. The summed E-state index contributed by atoms with van der Waals surface area (Å²) in [6.45, 7) is 9.93. The average molecular weight is 220 g/mol. The third kappa shape index (κ3) is 3.10. The van der Waals surface area contributed by atoms with Gasteiger partial charge in [-0.25, -0.2) is 0 Å². The van der Waals surface area contributed by atoms with Crippen LogP contribution in [0.25, 0.3) is 0 Å². The molecule has 3 nitrogen and oxygen atoms in total. The fraction of sp³-hybridized carbons (Fsp3) is 0.692. The summed E-state index contributed by atoms with van der Waals surface area (Å²) in [6.07, 6.45) is 2.14. The van der Waals surface area contributed by atoms with E-state index in [2.05, 4.69) is 20.4 Å². The zero-order valence-electron chi connectivity index (χ0n) is 10.2. The molecule has 0 spiro atoms. The Bertz CT molecular complexity index is 314. The molecule has 0 radical (unpaired) electrons. The van der Waals surface area contributed by atoms with Gasteiger partial charge in [0.05, 0.1) is 6.07 Å². The van der Waals surface area contributed by atoms with Gasteiger partial charge in [0.15, 0.2) is 0 Å². The average Bonchev–Trinajstić information content (AvgIpc) is 2.28. The van der Waals surface area contributed by atoms with Crippen LogP contribution >= 0.6 is 0 Å². The summed E-state index contributed by atoms with van der Waals surface area (Å²) in [5, 5.41) is 8.52. The number of carbonyl (C=O) groups is 1. The van der Waals surface area contributed by atoms with Crippen LogP contribution in [-0.2, 0) is 4.79 Å². The van der Waals surface area contributed by atoms with Crippen LogP contribution in [0.3, 0.4) is 0 Å². The third-order valence-corrected chi connectivity index (χ3v) is 3.27. The summed E-state index contributed by atoms with van der Waals surface area (Å²) in [5.41, 5.74) is 1.23. The van der Waals surface area contributed by atoms with Crippen molar-refractivity contribution in [2.75, 3.05) is 13.1 Å². The molecule has 1 saturated heterocycles. The van der Waals surface area contributed by atoms with E-state index in [1.54, 1.807) is 0 Å². The Morgan fingerprint density at radius 2 is 2.31 bits per heavy atom. The lowest BCUT2D eigenvalue weighted by Crippen LogP contribution is -2.40. The van der Waals surface area contributed by atoms with Crippen LogP contribution in [0, 0.1) is 23.2 Å². The number of piperidine rings is 1. The molecule has 1 atom stereocenters. The van der Waals surface area contributed by atoms with Crippen LogP contribution in [-0.4, -0.2) is 23.9 Å². The number of carbonyl (C=O) groups excluding carboxylic acids is 1. The molecule has 16 heavy (non-hydrogen) atoms. The molecule has 1 amide bonds. The minimum absolute atomic E-state index is 0.000868. The fourth-order valence-electron chi connectivity index (χ4n) is 2.16. The van der Waals surface area contributed by atoms with Crippen LogP contribution in [0.5, 0.6) is 0 Å². The number of hydrogen-bond donors (Lipinski definition) is 0. The molecule has 0 saturated carbocycles. The Balaban J connectivity index is 2.57. The van der Waals surface area contributed by atoms with E-state index >= 15 is 0 Å². The lowest BCUT2D eigenvalue weighted by Gasteiger charge is -2.34. The molecule has 1 aliphatic rings. The van der Waals surface area contributed by atoms with E-state index < -0.39 is 0 Å². The van der Waals surface area contributed by atoms with Crippen LogP contribution in [0.4, 0.5) is 0 Å². The van der Waals surface area contributed by atoms with E-state index in [9.17, 15) is 4.79 Å². The maximum atomic E-state index is 11.6. The lowest BCUT2D eigenvalue weighted by molar-refractivity contribution is -0.131. The highest BCUT2D eigenvalue weighted by Gasteiger charge is 2.25. The van der Waals surface area contributed by atoms with Crippen molar-refractivity contribution in [2.24, 2.45) is 11.8 Å². The van der Waals surface area contributed by atoms with E-state index in [1.165, 1.54) is 5.57 Å². The number of nitriles is 1. The van der Waals surface area contributed by atoms with Gasteiger partial charge in [0.25, 0.3) is 0 Å². The molecular weight excluding hydrogens is 200 g/mol. The highest BCUT2D eigenvalue weighted by molar-refractivity contribution is 5.78. The molecule has 0 N–H and O–H groups in total. The molecule has 1 fully saturated rings. The van der Waals surface area contributed by atoms with Crippen molar-refractivity contribution in [3.8, 4) is 6.07 Å². The number of likely N-dealkylation sites (tertiary alicyclic amines) is 1. The highest BCUT2D eigenvalue weighted by Crippen LogP contribution is 2.27. The zero-order valence-corrected chi connectivity index (χ0v) is 10.2. The van der Waals surface area contributed by atoms with Crippen molar-refractivity contribution < 1.29 is 4.79 Å². The van der Waals surface area contributed by atoms with Gasteiger partial charge < -0.3 is 4.90 Å². The Hall–Kier alpha value is -1.30. The monoisotopic (exact) mass is 220 g/mol. The second-order valence-electron chi connectivity index (χ2n) is 4.74. The number of nitrogens with zero attached hydrogens (tertiary/aromatic N) is 2.